The van der Waals surface area contributed by atoms with E-state index >= 15 is 0 Å². The summed E-state index contributed by atoms with van der Waals surface area (Å²) in [6.45, 7) is 4.24. The quantitative estimate of drug-likeness (QED) is 0.858. The second kappa shape index (κ2) is 6.67. The molecule has 20 heavy (non-hydrogen) atoms. The number of nitrogens with zero attached hydrogens (tertiary/aromatic N) is 1. The zero-order chi connectivity index (χ0) is 14.6. The molecule has 1 aromatic rings. The second-order valence-electron chi connectivity index (χ2n) is 5.30. The van der Waals surface area contributed by atoms with Crippen LogP contribution in [0.25, 0.3) is 0 Å². The monoisotopic (exact) mass is 298 g/mol. The molecule has 1 fully saturated rings. The van der Waals surface area contributed by atoms with Crippen molar-refractivity contribution in [2.75, 3.05) is 39.5 Å². The maximum Gasteiger partial charge on any atom is 0.175 e. The summed E-state index contributed by atoms with van der Waals surface area (Å²) in [5.41, 5.74) is 1.07. The van der Waals surface area contributed by atoms with Crippen molar-refractivity contribution in [1.29, 1.82) is 0 Å². The zero-order valence-electron chi connectivity index (χ0n) is 12.0. The highest BCUT2D eigenvalue weighted by Gasteiger charge is 2.16. The van der Waals surface area contributed by atoms with E-state index in [-0.39, 0.29) is 6.10 Å². The van der Waals surface area contributed by atoms with Gasteiger partial charge in [-0.3, -0.25) is 0 Å². The van der Waals surface area contributed by atoms with Gasteiger partial charge in [0.2, 0.25) is 0 Å². The van der Waals surface area contributed by atoms with Crippen molar-refractivity contribution in [3.05, 3.63) is 29.8 Å². The lowest BCUT2D eigenvalue weighted by Crippen LogP contribution is -2.44. The van der Waals surface area contributed by atoms with E-state index in [9.17, 15) is 8.42 Å². The van der Waals surface area contributed by atoms with E-state index in [1.54, 1.807) is 12.1 Å². The van der Waals surface area contributed by atoms with Gasteiger partial charge in [-0.1, -0.05) is 12.1 Å². The van der Waals surface area contributed by atoms with Gasteiger partial charge in [0.25, 0.3) is 0 Å². The third kappa shape index (κ3) is 4.56. The SMILES string of the molecule is CN1CCOC(CNCc2ccc(S(C)(=O)=O)cc2)C1. The van der Waals surface area contributed by atoms with Gasteiger partial charge in [-0.15, -0.1) is 0 Å². The summed E-state index contributed by atoms with van der Waals surface area (Å²) in [6.07, 6.45) is 1.45. The molecule has 5 nitrogen and oxygen atoms in total. The minimum atomic E-state index is -3.11. The highest BCUT2D eigenvalue weighted by atomic mass is 32.2. The van der Waals surface area contributed by atoms with Crippen molar-refractivity contribution in [2.45, 2.75) is 17.5 Å². The van der Waals surface area contributed by atoms with Gasteiger partial charge in [0.15, 0.2) is 9.84 Å². The van der Waals surface area contributed by atoms with Crippen LogP contribution in [0.2, 0.25) is 0 Å². The van der Waals surface area contributed by atoms with Crippen molar-refractivity contribution in [3.8, 4) is 0 Å². The van der Waals surface area contributed by atoms with Gasteiger partial charge < -0.3 is 15.0 Å². The minimum absolute atomic E-state index is 0.226. The van der Waals surface area contributed by atoms with Crippen molar-refractivity contribution in [2.24, 2.45) is 0 Å². The Labute approximate surface area is 120 Å². The molecular formula is C14H22N2O3S. The molecular weight excluding hydrogens is 276 g/mol. The fourth-order valence-corrected chi connectivity index (χ4v) is 2.85. The standard InChI is InChI=1S/C14H22N2O3S/c1-16-7-8-19-13(11-16)10-15-9-12-3-5-14(6-4-12)20(2,17)18/h3-6,13,15H,7-11H2,1-2H3. The number of sulfone groups is 1. The molecule has 6 heteroatoms. The van der Waals surface area contributed by atoms with Gasteiger partial charge in [-0.25, -0.2) is 8.42 Å². The Morgan fingerprint density at radius 1 is 1.35 bits per heavy atom. The Balaban J connectivity index is 1.79. The van der Waals surface area contributed by atoms with E-state index in [2.05, 4.69) is 17.3 Å². The number of rotatable bonds is 5. The molecule has 1 heterocycles. The van der Waals surface area contributed by atoms with E-state index in [1.165, 1.54) is 6.26 Å². The topological polar surface area (TPSA) is 58.6 Å². The fraction of sp³-hybridized carbons (Fsp3) is 0.571. The lowest BCUT2D eigenvalue weighted by Gasteiger charge is -2.30. The molecule has 0 bridgehead atoms. The van der Waals surface area contributed by atoms with E-state index in [4.69, 9.17) is 4.74 Å². The molecule has 0 aliphatic carbocycles. The van der Waals surface area contributed by atoms with Crippen molar-refractivity contribution < 1.29 is 13.2 Å². The molecule has 1 saturated heterocycles. The number of nitrogens with one attached hydrogen (secondary N) is 1. The van der Waals surface area contributed by atoms with E-state index in [0.29, 0.717) is 11.4 Å². The van der Waals surface area contributed by atoms with Crippen LogP contribution in [0.15, 0.2) is 29.2 Å². The largest absolute Gasteiger partial charge is 0.374 e. The van der Waals surface area contributed by atoms with Gasteiger partial charge in [-0.05, 0) is 24.7 Å². The maximum absolute atomic E-state index is 11.4. The average molecular weight is 298 g/mol. The predicted molar refractivity (Wildman–Crippen MR) is 78.5 cm³/mol. The summed E-state index contributed by atoms with van der Waals surface area (Å²) in [7, 11) is -1.01. The third-order valence-electron chi connectivity index (χ3n) is 3.39. The molecule has 1 atom stereocenters. The average Bonchev–Trinajstić information content (AvgIpc) is 2.38. The number of ether oxygens (including phenoxy) is 1. The van der Waals surface area contributed by atoms with Gasteiger partial charge >= 0.3 is 0 Å². The Bertz CT molecular complexity index is 528. The molecule has 0 radical (unpaired) electrons. The summed E-state index contributed by atoms with van der Waals surface area (Å²) < 4.78 is 28.4. The molecule has 0 amide bonds. The molecule has 1 aromatic carbocycles. The smallest absolute Gasteiger partial charge is 0.175 e. The molecule has 112 valence electrons. The number of hydrogen-bond donors (Lipinski definition) is 1. The Hall–Kier alpha value is -0.950. The number of morpholine rings is 1. The van der Waals surface area contributed by atoms with Crippen LogP contribution in [0.1, 0.15) is 5.56 Å². The first-order chi connectivity index (χ1) is 9.45. The van der Waals surface area contributed by atoms with E-state index in [0.717, 1.165) is 31.8 Å². The van der Waals surface area contributed by atoms with E-state index in [1.807, 2.05) is 12.1 Å². The highest BCUT2D eigenvalue weighted by molar-refractivity contribution is 7.90. The van der Waals surface area contributed by atoms with Gasteiger partial charge in [0.1, 0.15) is 0 Å². The minimum Gasteiger partial charge on any atom is -0.374 e. The van der Waals surface area contributed by atoms with Crippen LogP contribution >= 0.6 is 0 Å². The molecule has 0 saturated carbocycles. The summed E-state index contributed by atoms with van der Waals surface area (Å²) in [6, 6.07) is 6.99. The summed E-state index contributed by atoms with van der Waals surface area (Å²) in [5.74, 6) is 0. The van der Waals surface area contributed by atoms with Gasteiger partial charge in [0, 0.05) is 32.4 Å². The van der Waals surface area contributed by atoms with Crippen LogP contribution in [-0.4, -0.2) is 59.0 Å². The normalized spacial score (nSPS) is 21.0. The molecule has 1 unspecified atom stereocenters. The maximum atomic E-state index is 11.4. The van der Waals surface area contributed by atoms with Crippen LogP contribution in [0, 0.1) is 0 Å². The lowest BCUT2D eigenvalue weighted by atomic mass is 10.2. The molecule has 0 spiro atoms. The first-order valence-corrected chi connectivity index (χ1v) is 8.64. The number of likely N-dealkylation sites (N-methyl/N-ethyl adjacent to an activating group) is 1. The van der Waals surface area contributed by atoms with E-state index < -0.39 is 9.84 Å². The molecule has 1 aliphatic rings. The van der Waals surface area contributed by atoms with Crippen LogP contribution in [-0.2, 0) is 21.1 Å². The molecule has 1 aliphatic heterocycles. The third-order valence-corrected chi connectivity index (χ3v) is 4.52. The van der Waals surface area contributed by atoms with Crippen LogP contribution < -0.4 is 5.32 Å². The summed E-state index contributed by atoms with van der Waals surface area (Å²) in [4.78, 5) is 2.62. The Morgan fingerprint density at radius 2 is 2.05 bits per heavy atom. The summed E-state index contributed by atoms with van der Waals surface area (Å²) in [5, 5.41) is 3.35. The first kappa shape index (κ1) is 15.4. The van der Waals surface area contributed by atoms with Crippen molar-refractivity contribution in [3.63, 3.8) is 0 Å². The zero-order valence-corrected chi connectivity index (χ0v) is 12.8. The Kier molecular flexibility index (Phi) is 5.15. The van der Waals surface area contributed by atoms with Crippen molar-refractivity contribution >= 4 is 9.84 Å². The number of hydrogen-bond acceptors (Lipinski definition) is 5. The number of benzene rings is 1. The Morgan fingerprint density at radius 3 is 2.65 bits per heavy atom. The van der Waals surface area contributed by atoms with Crippen molar-refractivity contribution in [1.82, 2.24) is 10.2 Å². The fourth-order valence-electron chi connectivity index (χ4n) is 2.22. The van der Waals surface area contributed by atoms with Gasteiger partial charge in [-0.2, -0.15) is 0 Å². The van der Waals surface area contributed by atoms with Crippen LogP contribution in [0.5, 0.6) is 0 Å². The molecule has 2 rings (SSSR count). The lowest BCUT2D eigenvalue weighted by molar-refractivity contribution is -0.0182. The van der Waals surface area contributed by atoms with Crippen LogP contribution in [0.4, 0.5) is 0 Å². The highest BCUT2D eigenvalue weighted by Crippen LogP contribution is 2.10. The molecule has 1 N–H and O–H groups in total. The second-order valence-corrected chi connectivity index (χ2v) is 7.32. The molecule has 0 aromatic heterocycles. The summed E-state index contributed by atoms with van der Waals surface area (Å²) >= 11 is 0. The van der Waals surface area contributed by atoms with Crippen LogP contribution in [0.3, 0.4) is 0 Å². The predicted octanol–water partition coefficient (Wildman–Crippen LogP) is 0.510. The first-order valence-electron chi connectivity index (χ1n) is 6.75. The van der Waals surface area contributed by atoms with Gasteiger partial charge in [0.05, 0.1) is 17.6 Å².